The SMILES string of the molecule is CCCC[C@H]1CC[C@H](c2ccc(C(=O)C(F)(F)CCC)cc2)CC1. The van der Waals surface area contributed by atoms with Crippen LogP contribution in [0.2, 0.25) is 0 Å². The van der Waals surface area contributed by atoms with Gasteiger partial charge in [0.2, 0.25) is 5.78 Å². The number of hydrogen-bond acceptors (Lipinski definition) is 1. The van der Waals surface area contributed by atoms with Crippen LogP contribution in [0.15, 0.2) is 24.3 Å². The first-order valence-corrected chi connectivity index (χ1v) is 9.50. The number of carbonyl (C=O) groups excluding carboxylic acids is 1. The van der Waals surface area contributed by atoms with E-state index in [9.17, 15) is 13.6 Å². The molecule has 2 rings (SSSR count). The van der Waals surface area contributed by atoms with Crippen LogP contribution in [0.1, 0.15) is 93.5 Å². The quantitative estimate of drug-likeness (QED) is 0.479. The normalized spacial score (nSPS) is 21.7. The fraction of sp³-hybridized carbons (Fsp3) is 0.667. The van der Waals surface area contributed by atoms with Gasteiger partial charge < -0.3 is 0 Å². The minimum absolute atomic E-state index is 0.133. The molecule has 0 heterocycles. The van der Waals surface area contributed by atoms with E-state index in [0.717, 1.165) is 5.92 Å². The zero-order chi connectivity index (χ0) is 17.6. The van der Waals surface area contributed by atoms with E-state index in [2.05, 4.69) is 6.92 Å². The molecule has 0 amide bonds. The van der Waals surface area contributed by atoms with Crippen LogP contribution in [-0.4, -0.2) is 11.7 Å². The number of benzene rings is 1. The van der Waals surface area contributed by atoms with E-state index in [4.69, 9.17) is 0 Å². The molecule has 0 aromatic heterocycles. The Bertz CT molecular complexity index is 513. The van der Waals surface area contributed by atoms with Gasteiger partial charge in [-0.05, 0) is 49.5 Å². The Morgan fingerprint density at radius 3 is 2.21 bits per heavy atom. The lowest BCUT2D eigenvalue weighted by Gasteiger charge is -2.29. The molecule has 1 fully saturated rings. The van der Waals surface area contributed by atoms with Crippen LogP contribution in [0, 0.1) is 5.92 Å². The van der Waals surface area contributed by atoms with Gasteiger partial charge in [0, 0.05) is 12.0 Å². The molecule has 0 atom stereocenters. The third-order valence-corrected chi connectivity index (χ3v) is 5.35. The first-order valence-electron chi connectivity index (χ1n) is 9.50. The summed E-state index contributed by atoms with van der Waals surface area (Å²) in [5.74, 6) is -2.91. The van der Waals surface area contributed by atoms with Gasteiger partial charge in [-0.3, -0.25) is 4.79 Å². The number of halogens is 2. The standard InChI is InChI=1S/C21H30F2O/c1-3-5-6-16-7-9-17(10-8-16)18-11-13-19(14-12-18)20(24)21(22,23)15-4-2/h11-14,16-17H,3-10,15H2,1-2H3/t16-,17-. The average Bonchev–Trinajstić information content (AvgIpc) is 2.60. The van der Waals surface area contributed by atoms with E-state index < -0.39 is 11.7 Å². The number of hydrogen-bond donors (Lipinski definition) is 0. The first kappa shape index (κ1) is 19.1. The summed E-state index contributed by atoms with van der Waals surface area (Å²) in [4.78, 5) is 11.9. The Kier molecular flexibility index (Phi) is 6.94. The van der Waals surface area contributed by atoms with E-state index in [1.54, 1.807) is 19.1 Å². The smallest absolute Gasteiger partial charge is 0.287 e. The molecule has 0 unspecified atom stereocenters. The highest BCUT2D eigenvalue weighted by atomic mass is 19.3. The van der Waals surface area contributed by atoms with Crippen LogP contribution in [0.3, 0.4) is 0 Å². The molecule has 0 saturated heterocycles. The lowest BCUT2D eigenvalue weighted by Crippen LogP contribution is -2.28. The van der Waals surface area contributed by atoms with E-state index in [1.165, 1.54) is 50.5 Å². The summed E-state index contributed by atoms with van der Waals surface area (Å²) in [6.45, 7) is 3.90. The van der Waals surface area contributed by atoms with Crippen molar-refractivity contribution in [1.82, 2.24) is 0 Å². The van der Waals surface area contributed by atoms with Gasteiger partial charge in [-0.15, -0.1) is 0 Å². The first-order chi connectivity index (χ1) is 11.5. The highest BCUT2D eigenvalue weighted by Crippen LogP contribution is 2.38. The van der Waals surface area contributed by atoms with Gasteiger partial charge in [0.25, 0.3) is 0 Å². The molecular formula is C21H30F2O. The maximum Gasteiger partial charge on any atom is 0.309 e. The summed E-state index contributed by atoms with van der Waals surface area (Å²) in [7, 11) is 0. The van der Waals surface area contributed by atoms with Crippen molar-refractivity contribution >= 4 is 5.78 Å². The average molecular weight is 336 g/mol. The van der Waals surface area contributed by atoms with Gasteiger partial charge in [0.15, 0.2) is 0 Å². The Balaban J connectivity index is 1.94. The van der Waals surface area contributed by atoms with Crippen LogP contribution >= 0.6 is 0 Å². The molecule has 1 aliphatic carbocycles. The van der Waals surface area contributed by atoms with Crippen molar-refractivity contribution in [2.24, 2.45) is 5.92 Å². The second kappa shape index (κ2) is 8.73. The fourth-order valence-electron chi connectivity index (χ4n) is 3.82. The minimum Gasteiger partial charge on any atom is -0.287 e. The molecule has 1 nitrogen and oxygen atoms in total. The van der Waals surface area contributed by atoms with Crippen LogP contribution in [0.25, 0.3) is 0 Å². The Hall–Kier alpha value is -1.25. The topological polar surface area (TPSA) is 17.1 Å². The van der Waals surface area contributed by atoms with Gasteiger partial charge in [-0.2, -0.15) is 8.78 Å². The minimum atomic E-state index is -3.24. The highest BCUT2D eigenvalue weighted by molar-refractivity contribution is 6.01. The van der Waals surface area contributed by atoms with Gasteiger partial charge in [-0.1, -0.05) is 57.4 Å². The lowest BCUT2D eigenvalue weighted by molar-refractivity contribution is 0.00453. The zero-order valence-electron chi connectivity index (χ0n) is 15.0. The van der Waals surface area contributed by atoms with E-state index in [1.807, 2.05) is 12.1 Å². The zero-order valence-corrected chi connectivity index (χ0v) is 15.0. The van der Waals surface area contributed by atoms with E-state index >= 15 is 0 Å². The molecule has 1 aliphatic rings. The molecule has 0 aliphatic heterocycles. The summed E-state index contributed by atoms with van der Waals surface area (Å²) < 4.78 is 27.5. The van der Waals surface area contributed by atoms with Crippen molar-refractivity contribution in [1.29, 1.82) is 0 Å². The largest absolute Gasteiger partial charge is 0.309 e. The fourth-order valence-corrected chi connectivity index (χ4v) is 3.82. The Morgan fingerprint density at radius 2 is 1.67 bits per heavy atom. The maximum atomic E-state index is 13.8. The van der Waals surface area contributed by atoms with Crippen LogP contribution in [0.5, 0.6) is 0 Å². The second-order valence-electron chi connectivity index (χ2n) is 7.27. The summed E-state index contributed by atoms with van der Waals surface area (Å²) >= 11 is 0. The number of alkyl halides is 2. The third-order valence-electron chi connectivity index (χ3n) is 5.35. The molecule has 0 bridgehead atoms. The number of unbranched alkanes of at least 4 members (excludes halogenated alkanes) is 1. The summed E-state index contributed by atoms with van der Waals surface area (Å²) in [5, 5.41) is 0. The molecule has 134 valence electrons. The third kappa shape index (κ3) is 4.87. The number of carbonyl (C=O) groups is 1. The van der Waals surface area contributed by atoms with Crippen molar-refractivity contribution in [3.05, 3.63) is 35.4 Å². The Morgan fingerprint density at radius 1 is 1.04 bits per heavy atom. The number of Topliss-reactive ketones (excluding diaryl/α,β-unsaturated/α-hetero) is 1. The molecule has 1 saturated carbocycles. The molecule has 0 spiro atoms. The van der Waals surface area contributed by atoms with Crippen LogP contribution in [-0.2, 0) is 0 Å². The summed E-state index contributed by atoms with van der Waals surface area (Å²) in [5.41, 5.74) is 1.33. The van der Waals surface area contributed by atoms with Gasteiger partial charge in [-0.25, -0.2) is 0 Å². The van der Waals surface area contributed by atoms with Crippen molar-refractivity contribution in [3.63, 3.8) is 0 Å². The predicted octanol–water partition coefficient (Wildman–Crippen LogP) is 6.77. The molecule has 24 heavy (non-hydrogen) atoms. The van der Waals surface area contributed by atoms with Crippen LogP contribution in [0.4, 0.5) is 8.78 Å². The van der Waals surface area contributed by atoms with E-state index in [-0.39, 0.29) is 12.0 Å². The molecule has 0 N–H and O–H groups in total. The van der Waals surface area contributed by atoms with Crippen molar-refractivity contribution < 1.29 is 13.6 Å². The lowest BCUT2D eigenvalue weighted by atomic mass is 9.77. The predicted molar refractivity (Wildman–Crippen MR) is 94.9 cm³/mol. The second-order valence-corrected chi connectivity index (χ2v) is 7.27. The monoisotopic (exact) mass is 336 g/mol. The highest BCUT2D eigenvalue weighted by Gasteiger charge is 2.38. The number of ketones is 1. The summed E-state index contributed by atoms with van der Waals surface area (Å²) in [6.07, 6.45) is 8.72. The van der Waals surface area contributed by atoms with Crippen molar-refractivity contribution in [3.8, 4) is 0 Å². The maximum absolute atomic E-state index is 13.8. The Labute approximate surface area is 144 Å². The molecule has 3 heteroatoms. The number of rotatable bonds is 8. The molecule has 1 aromatic rings. The van der Waals surface area contributed by atoms with Gasteiger partial charge in [0.1, 0.15) is 0 Å². The molecule has 1 aromatic carbocycles. The summed E-state index contributed by atoms with van der Waals surface area (Å²) in [6, 6.07) is 6.94. The van der Waals surface area contributed by atoms with Gasteiger partial charge in [0.05, 0.1) is 0 Å². The van der Waals surface area contributed by atoms with E-state index in [0.29, 0.717) is 12.3 Å². The molecule has 0 radical (unpaired) electrons. The van der Waals surface area contributed by atoms with Crippen molar-refractivity contribution in [2.75, 3.05) is 0 Å². The van der Waals surface area contributed by atoms with Gasteiger partial charge >= 0.3 is 5.92 Å². The molecular weight excluding hydrogens is 306 g/mol. The van der Waals surface area contributed by atoms with Crippen LogP contribution < -0.4 is 0 Å². The van der Waals surface area contributed by atoms with Crippen molar-refractivity contribution in [2.45, 2.75) is 83.5 Å².